The highest BCUT2D eigenvalue weighted by Crippen LogP contribution is 2.22. The molecule has 106 valence electrons. The molecule has 2 aromatic rings. The van der Waals surface area contributed by atoms with Gasteiger partial charge in [0.05, 0.1) is 10.7 Å². The van der Waals surface area contributed by atoms with Gasteiger partial charge >= 0.3 is 0 Å². The van der Waals surface area contributed by atoms with Gasteiger partial charge in [-0.05, 0) is 30.2 Å². The quantitative estimate of drug-likeness (QED) is 0.859. The van der Waals surface area contributed by atoms with Gasteiger partial charge in [0.25, 0.3) is 0 Å². The molecule has 0 fully saturated rings. The topological polar surface area (TPSA) is 54.4 Å². The van der Waals surface area contributed by atoms with Crippen molar-refractivity contribution in [2.24, 2.45) is 0 Å². The summed E-state index contributed by atoms with van der Waals surface area (Å²) in [6.45, 7) is 0.380. The van der Waals surface area contributed by atoms with E-state index in [1.54, 1.807) is 13.1 Å². The zero-order chi connectivity index (χ0) is 14.4. The van der Waals surface area contributed by atoms with Crippen molar-refractivity contribution in [2.45, 2.75) is 13.0 Å². The van der Waals surface area contributed by atoms with Gasteiger partial charge in [-0.15, -0.1) is 0 Å². The maximum absolute atomic E-state index is 9.04. The number of ether oxygens (including phenoxy) is 1. The van der Waals surface area contributed by atoms with Gasteiger partial charge in [-0.2, -0.15) is 0 Å². The molecule has 4 nitrogen and oxygen atoms in total. The van der Waals surface area contributed by atoms with Crippen LogP contribution in [0.2, 0.25) is 5.02 Å². The Bertz CT molecular complexity index is 576. The Morgan fingerprint density at radius 3 is 2.80 bits per heavy atom. The number of aliphatic hydroxyl groups is 1. The van der Waals surface area contributed by atoms with Crippen LogP contribution in [0.3, 0.4) is 0 Å². The third-order valence-corrected chi connectivity index (χ3v) is 3.24. The van der Waals surface area contributed by atoms with E-state index in [1.165, 1.54) is 0 Å². The molecule has 0 atom stereocenters. The Morgan fingerprint density at radius 1 is 1.25 bits per heavy atom. The number of nitrogens with one attached hydrogen (secondary N) is 1. The summed E-state index contributed by atoms with van der Waals surface area (Å²) < 4.78 is 5.77. The lowest BCUT2D eigenvalue weighted by Gasteiger charge is -2.12. The molecule has 0 unspecified atom stereocenters. The minimum atomic E-state index is 0.0919. The minimum Gasteiger partial charge on any atom is -0.487 e. The highest BCUT2D eigenvalue weighted by molar-refractivity contribution is 6.31. The highest BCUT2D eigenvalue weighted by Gasteiger charge is 2.07. The molecule has 2 N–H and O–H groups in total. The Labute approximate surface area is 123 Å². The standard InChI is InChI=1S/C15H17ClN2O2/c1-17-15-7-6-12(16)13(18-15)10-20-14-5-3-2-4-11(14)8-9-19/h2-7,19H,8-10H2,1H3,(H,17,18). The second-order valence-electron chi connectivity index (χ2n) is 4.25. The SMILES string of the molecule is CNc1ccc(Cl)c(COc2ccccc2CCO)n1. The number of rotatable bonds is 6. The van der Waals surface area contributed by atoms with Crippen LogP contribution in [0.4, 0.5) is 5.82 Å². The maximum atomic E-state index is 9.04. The second kappa shape index (κ2) is 7.12. The van der Waals surface area contributed by atoms with E-state index < -0.39 is 0 Å². The molecule has 0 aliphatic heterocycles. The third-order valence-electron chi connectivity index (χ3n) is 2.89. The molecular formula is C15H17ClN2O2. The molecule has 5 heteroatoms. The van der Waals surface area contributed by atoms with Crippen LogP contribution >= 0.6 is 11.6 Å². The van der Waals surface area contributed by atoms with Gasteiger partial charge < -0.3 is 15.2 Å². The first-order valence-electron chi connectivity index (χ1n) is 6.39. The van der Waals surface area contributed by atoms with Crippen molar-refractivity contribution >= 4 is 17.4 Å². The number of hydrogen-bond acceptors (Lipinski definition) is 4. The van der Waals surface area contributed by atoms with Crippen molar-refractivity contribution < 1.29 is 9.84 Å². The van der Waals surface area contributed by atoms with Gasteiger partial charge in [0.1, 0.15) is 18.2 Å². The first kappa shape index (κ1) is 14.6. The van der Waals surface area contributed by atoms with Gasteiger partial charge in [-0.3, -0.25) is 0 Å². The zero-order valence-corrected chi connectivity index (χ0v) is 12.0. The summed E-state index contributed by atoms with van der Waals surface area (Å²) in [7, 11) is 1.80. The summed E-state index contributed by atoms with van der Waals surface area (Å²) in [6.07, 6.45) is 0.563. The fourth-order valence-corrected chi connectivity index (χ4v) is 2.00. The van der Waals surface area contributed by atoms with Crippen molar-refractivity contribution in [1.29, 1.82) is 0 Å². The lowest BCUT2D eigenvalue weighted by atomic mass is 10.1. The summed E-state index contributed by atoms with van der Waals surface area (Å²) in [6, 6.07) is 11.2. The molecule has 20 heavy (non-hydrogen) atoms. The van der Waals surface area contributed by atoms with Crippen molar-refractivity contribution in [2.75, 3.05) is 19.0 Å². The van der Waals surface area contributed by atoms with E-state index in [-0.39, 0.29) is 13.2 Å². The highest BCUT2D eigenvalue weighted by atomic mass is 35.5. The van der Waals surface area contributed by atoms with E-state index in [0.717, 1.165) is 17.1 Å². The average molecular weight is 293 g/mol. The van der Waals surface area contributed by atoms with Gasteiger partial charge in [0.15, 0.2) is 0 Å². The smallest absolute Gasteiger partial charge is 0.132 e. The molecule has 0 spiro atoms. The Kier molecular flexibility index (Phi) is 5.21. The molecule has 1 aromatic heterocycles. The number of benzene rings is 1. The van der Waals surface area contributed by atoms with Crippen LogP contribution in [0.1, 0.15) is 11.3 Å². The predicted octanol–water partition coefficient (Wildman–Crippen LogP) is 2.89. The van der Waals surface area contributed by atoms with Gasteiger partial charge in [0, 0.05) is 13.7 Å². The number of aliphatic hydroxyl groups excluding tert-OH is 1. The molecule has 1 aromatic carbocycles. The van der Waals surface area contributed by atoms with Gasteiger partial charge in [0.2, 0.25) is 0 Å². The predicted molar refractivity (Wildman–Crippen MR) is 80.4 cm³/mol. The van der Waals surface area contributed by atoms with Crippen LogP contribution in [-0.2, 0) is 13.0 Å². The fraction of sp³-hybridized carbons (Fsp3) is 0.267. The van der Waals surface area contributed by atoms with Crippen LogP contribution < -0.4 is 10.1 Å². The Balaban J connectivity index is 2.12. The summed E-state index contributed by atoms with van der Waals surface area (Å²) in [5.41, 5.74) is 1.65. The van der Waals surface area contributed by atoms with E-state index in [9.17, 15) is 0 Å². The van der Waals surface area contributed by atoms with Crippen LogP contribution in [0.15, 0.2) is 36.4 Å². The minimum absolute atomic E-state index is 0.0919. The molecule has 0 radical (unpaired) electrons. The lowest BCUT2D eigenvalue weighted by molar-refractivity contribution is 0.282. The number of para-hydroxylation sites is 1. The number of pyridine rings is 1. The second-order valence-corrected chi connectivity index (χ2v) is 4.65. The van der Waals surface area contributed by atoms with Crippen LogP contribution in [0.5, 0.6) is 5.75 Å². The molecule has 2 rings (SSSR count). The van der Waals surface area contributed by atoms with Gasteiger partial charge in [-0.1, -0.05) is 29.8 Å². The molecule has 0 aliphatic carbocycles. The third kappa shape index (κ3) is 3.62. The summed E-state index contributed by atoms with van der Waals surface area (Å²) >= 11 is 6.11. The number of halogens is 1. The number of hydrogen-bond donors (Lipinski definition) is 2. The van der Waals surface area contributed by atoms with Crippen LogP contribution in [0.25, 0.3) is 0 Å². The monoisotopic (exact) mass is 292 g/mol. The molecule has 0 saturated heterocycles. The summed E-state index contributed by atoms with van der Waals surface area (Å²) in [5.74, 6) is 1.49. The van der Waals surface area contributed by atoms with E-state index >= 15 is 0 Å². The van der Waals surface area contributed by atoms with E-state index in [4.69, 9.17) is 21.4 Å². The van der Waals surface area contributed by atoms with E-state index in [1.807, 2.05) is 30.3 Å². The fourth-order valence-electron chi connectivity index (χ4n) is 1.84. The lowest BCUT2D eigenvalue weighted by Crippen LogP contribution is -2.04. The Hall–Kier alpha value is -1.78. The average Bonchev–Trinajstić information content (AvgIpc) is 2.48. The maximum Gasteiger partial charge on any atom is 0.132 e. The molecule has 0 saturated carbocycles. The molecule has 1 heterocycles. The van der Waals surface area contributed by atoms with Crippen molar-refractivity contribution in [3.05, 3.63) is 52.7 Å². The summed E-state index contributed by atoms with van der Waals surface area (Å²) in [4.78, 5) is 4.36. The van der Waals surface area contributed by atoms with E-state index in [2.05, 4.69) is 10.3 Å². The first-order chi connectivity index (χ1) is 9.74. The normalized spacial score (nSPS) is 10.3. The first-order valence-corrected chi connectivity index (χ1v) is 6.77. The number of anilines is 1. The van der Waals surface area contributed by atoms with Crippen LogP contribution in [0, 0.1) is 0 Å². The van der Waals surface area contributed by atoms with E-state index in [0.29, 0.717) is 17.1 Å². The molecular weight excluding hydrogens is 276 g/mol. The summed E-state index contributed by atoms with van der Waals surface area (Å²) in [5, 5.41) is 12.6. The van der Waals surface area contributed by atoms with Crippen molar-refractivity contribution in [3.63, 3.8) is 0 Å². The van der Waals surface area contributed by atoms with Crippen molar-refractivity contribution in [3.8, 4) is 5.75 Å². The number of nitrogens with zero attached hydrogens (tertiary/aromatic N) is 1. The van der Waals surface area contributed by atoms with Crippen molar-refractivity contribution in [1.82, 2.24) is 4.98 Å². The zero-order valence-electron chi connectivity index (χ0n) is 11.3. The molecule has 0 bridgehead atoms. The Morgan fingerprint density at radius 2 is 2.05 bits per heavy atom. The molecule has 0 amide bonds. The molecule has 0 aliphatic rings. The van der Waals surface area contributed by atoms with Crippen LogP contribution in [-0.4, -0.2) is 23.7 Å². The number of aromatic nitrogens is 1. The van der Waals surface area contributed by atoms with Gasteiger partial charge in [-0.25, -0.2) is 4.98 Å². The largest absolute Gasteiger partial charge is 0.487 e.